The quantitative estimate of drug-likeness (QED) is 0.659. The summed E-state index contributed by atoms with van der Waals surface area (Å²) in [6.45, 7) is 0. The Bertz CT molecular complexity index is 206. The van der Waals surface area contributed by atoms with Crippen molar-refractivity contribution in [3.05, 3.63) is 12.2 Å². The second-order valence-electron chi connectivity index (χ2n) is 4.87. The van der Waals surface area contributed by atoms with Crippen LogP contribution in [0, 0.1) is 11.8 Å². The summed E-state index contributed by atoms with van der Waals surface area (Å²) in [7, 11) is 0. The van der Waals surface area contributed by atoms with Crippen LogP contribution in [0.4, 0.5) is 0 Å². The molecule has 2 rings (SSSR count). The third-order valence-electron chi connectivity index (χ3n) is 3.91. The van der Waals surface area contributed by atoms with Gasteiger partial charge in [-0.15, -0.1) is 0 Å². The molecular formula is C12H22N2. The van der Waals surface area contributed by atoms with E-state index in [9.17, 15) is 0 Å². The van der Waals surface area contributed by atoms with E-state index in [-0.39, 0.29) is 0 Å². The van der Waals surface area contributed by atoms with Crippen molar-refractivity contribution in [2.24, 2.45) is 23.3 Å². The van der Waals surface area contributed by atoms with E-state index in [1.54, 1.807) is 0 Å². The molecule has 2 aliphatic carbocycles. The topological polar surface area (TPSA) is 52.0 Å². The molecule has 2 nitrogen and oxygen atoms in total. The Morgan fingerprint density at radius 2 is 1.86 bits per heavy atom. The summed E-state index contributed by atoms with van der Waals surface area (Å²) >= 11 is 0. The number of allylic oxidation sites excluding steroid dienone is 1. The maximum atomic E-state index is 6.31. The number of hydrogen-bond acceptors (Lipinski definition) is 2. The SMILES string of the molecule is NC1CCC=CC1C(N)C1CCCC1. The molecule has 0 saturated heterocycles. The van der Waals surface area contributed by atoms with Gasteiger partial charge >= 0.3 is 0 Å². The molecule has 0 aliphatic heterocycles. The summed E-state index contributed by atoms with van der Waals surface area (Å²) in [5.74, 6) is 1.17. The lowest BCUT2D eigenvalue weighted by Gasteiger charge is -2.32. The van der Waals surface area contributed by atoms with Crippen LogP contribution in [0.1, 0.15) is 38.5 Å². The third-order valence-corrected chi connectivity index (χ3v) is 3.91. The molecule has 0 aromatic rings. The lowest BCUT2D eigenvalue weighted by atomic mass is 9.79. The van der Waals surface area contributed by atoms with Crippen LogP contribution < -0.4 is 11.5 Å². The second kappa shape index (κ2) is 4.45. The predicted octanol–water partition coefficient (Wildman–Crippen LogP) is 1.80. The molecule has 2 aliphatic rings. The molecule has 0 aromatic heterocycles. The van der Waals surface area contributed by atoms with E-state index in [4.69, 9.17) is 11.5 Å². The average molecular weight is 194 g/mol. The van der Waals surface area contributed by atoms with E-state index in [1.807, 2.05) is 0 Å². The summed E-state index contributed by atoms with van der Waals surface area (Å²) in [5.41, 5.74) is 12.4. The zero-order valence-electron chi connectivity index (χ0n) is 8.86. The molecule has 0 aromatic carbocycles. The Balaban J connectivity index is 1.97. The standard InChI is InChI=1S/C12H22N2/c13-11-8-4-3-7-10(11)12(14)9-5-1-2-6-9/h3,7,9-12H,1-2,4-6,8,13-14H2. The summed E-state index contributed by atoms with van der Waals surface area (Å²) < 4.78 is 0. The smallest absolute Gasteiger partial charge is 0.0145 e. The van der Waals surface area contributed by atoms with Gasteiger partial charge in [0.1, 0.15) is 0 Å². The van der Waals surface area contributed by atoms with Crippen molar-refractivity contribution in [2.45, 2.75) is 50.6 Å². The molecule has 0 heterocycles. The summed E-state index contributed by atoms with van der Waals surface area (Å²) in [6.07, 6.45) is 12.1. The van der Waals surface area contributed by atoms with Gasteiger partial charge in [0.2, 0.25) is 0 Å². The van der Waals surface area contributed by atoms with Crippen molar-refractivity contribution in [3.8, 4) is 0 Å². The normalized spacial score (nSPS) is 36.1. The summed E-state index contributed by atoms with van der Waals surface area (Å²) in [6, 6.07) is 0.611. The van der Waals surface area contributed by atoms with Crippen molar-refractivity contribution in [1.82, 2.24) is 0 Å². The van der Waals surface area contributed by atoms with Crippen molar-refractivity contribution < 1.29 is 0 Å². The first-order valence-electron chi connectivity index (χ1n) is 5.97. The molecule has 14 heavy (non-hydrogen) atoms. The molecule has 0 amide bonds. The molecule has 3 unspecified atom stereocenters. The van der Waals surface area contributed by atoms with E-state index < -0.39 is 0 Å². The minimum Gasteiger partial charge on any atom is -0.327 e. The van der Waals surface area contributed by atoms with E-state index in [2.05, 4.69) is 12.2 Å². The van der Waals surface area contributed by atoms with Gasteiger partial charge in [-0.05, 0) is 31.6 Å². The van der Waals surface area contributed by atoms with E-state index in [0.717, 1.165) is 18.8 Å². The van der Waals surface area contributed by atoms with Gasteiger partial charge in [0.15, 0.2) is 0 Å². The van der Waals surface area contributed by atoms with Crippen LogP contribution in [0.15, 0.2) is 12.2 Å². The maximum absolute atomic E-state index is 6.31. The van der Waals surface area contributed by atoms with Gasteiger partial charge in [-0.3, -0.25) is 0 Å². The van der Waals surface area contributed by atoms with Crippen LogP contribution >= 0.6 is 0 Å². The van der Waals surface area contributed by atoms with E-state index in [1.165, 1.54) is 25.7 Å². The monoisotopic (exact) mass is 194 g/mol. The highest BCUT2D eigenvalue weighted by atomic mass is 14.7. The first-order valence-corrected chi connectivity index (χ1v) is 5.97. The van der Waals surface area contributed by atoms with Crippen molar-refractivity contribution in [3.63, 3.8) is 0 Å². The molecule has 0 radical (unpaired) electrons. The molecule has 1 saturated carbocycles. The molecule has 2 heteroatoms. The van der Waals surface area contributed by atoms with Gasteiger partial charge in [0.25, 0.3) is 0 Å². The lowest BCUT2D eigenvalue weighted by molar-refractivity contribution is 0.302. The fourth-order valence-electron chi connectivity index (χ4n) is 2.95. The van der Waals surface area contributed by atoms with Gasteiger partial charge < -0.3 is 11.5 Å². The number of nitrogens with two attached hydrogens (primary N) is 2. The van der Waals surface area contributed by atoms with Gasteiger partial charge in [-0.25, -0.2) is 0 Å². The molecule has 0 bridgehead atoms. The third kappa shape index (κ3) is 2.01. The highest BCUT2D eigenvalue weighted by Gasteiger charge is 2.31. The van der Waals surface area contributed by atoms with Crippen LogP contribution in [-0.4, -0.2) is 12.1 Å². The van der Waals surface area contributed by atoms with E-state index >= 15 is 0 Å². The molecule has 80 valence electrons. The fraction of sp³-hybridized carbons (Fsp3) is 0.833. The largest absolute Gasteiger partial charge is 0.327 e. The Labute approximate surface area is 86.7 Å². The minimum absolute atomic E-state index is 0.301. The Hall–Kier alpha value is -0.340. The van der Waals surface area contributed by atoms with E-state index in [0.29, 0.717) is 18.0 Å². The second-order valence-corrected chi connectivity index (χ2v) is 4.87. The predicted molar refractivity (Wildman–Crippen MR) is 59.8 cm³/mol. The van der Waals surface area contributed by atoms with Crippen LogP contribution in [0.3, 0.4) is 0 Å². The zero-order valence-corrected chi connectivity index (χ0v) is 8.86. The van der Waals surface area contributed by atoms with Gasteiger partial charge in [-0.2, -0.15) is 0 Å². The maximum Gasteiger partial charge on any atom is 0.0145 e. The van der Waals surface area contributed by atoms with Crippen molar-refractivity contribution in [1.29, 1.82) is 0 Å². The highest BCUT2D eigenvalue weighted by Crippen LogP contribution is 2.32. The Morgan fingerprint density at radius 1 is 1.14 bits per heavy atom. The van der Waals surface area contributed by atoms with Crippen LogP contribution in [-0.2, 0) is 0 Å². The molecule has 3 atom stereocenters. The van der Waals surface area contributed by atoms with Crippen LogP contribution in [0.2, 0.25) is 0 Å². The summed E-state index contributed by atoms with van der Waals surface area (Å²) in [5, 5.41) is 0. The minimum atomic E-state index is 0.301. The van der Waals surface area contributed by atoms with Gasteiger partial charge in [-0.1, -0.05) is 25.0 Å². The zero-order chi connectivity index (χ0) is 9.97. The Kier molecular flexibility index (Phi) is 3.24. The fourth-order valence-corrected chi connectivity index (χ4v) is 2.95. The van der Waals surface area contributed by atoms with Crippen molar-refractivity contribution in [2.75, 3.05) is 0 Å². The molecule has 1 fully saturated rings. The van der Waals surface area contributed by atoms with Gasteiger partial charge in [0, 0.05) is 18.0 Å². The number of rotatable bonds is 2. The van der Waals surface area contributed by atoms with Crippen molar-refractivity contribution >= 4 is 0 Å². The highest BCUT2D eigenvalue weighted by molar-refractivity contribution is 5.04. The summed E-state index contributed by atoms with van der Waals surface area (Å²) in [4.78, 5) is 0. The lowest BCUT2D eigenvalue weighted by Crippen LogP contribution is -2.46. The Morgan fingerprint density at radius 3 is 2.50 bits per heavy atom. The molecular weight excluding hydrogens is 172 g/mol. The van der Waals surface area contributed by atoms with Gasteiger partial charge in [0.05, 0.1) is 0 Å². The molecule has 4 N–H and O–H groups in total. The van der Waals surface area contributed by atoms with Crippen LogP contribution in [0.5, 0.6) is 0 Å². The first kappa shape index (κ1) is 10.2. The first-order chi connectivity index (χ1) is 6.79. The average Bonchev–Trinajstić information content (AvgIpc) is 2.70. The van der Waals surface area contributed by atoms with Crippen LogP contribution in [0.25, 0.3) is 0 Å². The number of hydrogen-bond donors (Lipinski definition) is 2. The molecule has 0 spiro atoms.